The molecular formula is C21H39NO. The van der Waals surface area contributed by atoms with Crippen molar-refractivity contribution in [2.24, 2.45) is 23.2 Å². The Labute approximate surface area is 144 Å². The molecule has 0 amide bonds. The zero-order valence-corrected chi connectivity index (χ0v) is 16.2. The number of nitrogens with zero attached hydrogens (tertiary/aromatic N) is 1. The van der Waals surface area contributed by atoms with E-state index in [1.54, 1.807) is 0 Å². The van der Waals surface area contributed by atoms with Gasteiger partial charge in [-0.2, -0.15) is 0 Å². The number of rotatable bonds is 2. The first-order valence-electron chi connectivity index (χ1n) is 10.2. The van der Waals surface area contributed by atoms with Crippen LogP contribution in [0.15, 0.2) is 0 Å². The molecule has 2 nitrogen and oxygen atoms in total. The lowest BCUT2D eigenvalue weighted by molar-refractivity contribution is -0.0885. The molecule has 3 aliphatic rings. The van der Waals surface area contributed by atoms with Crippen molar-refractivity contribution in [1.29, 1.82) is 0 Å². The number of hydrogen-bond donors (Lipinski definition) is 0. The van der Waals surface area contributed by atoms with Gasteiger partial charge in [-0.25, -0.2) is 0 Å². The maximum absolute atomic E-state index is 6.68. The van der Waals surface area contributed by atoms with E-state index in [1.807, 2.05) is 0 Å². The minimum Gasteiger partial charge on any atom is -0.370 e. The third kappa shape index (κ3) is 4.31. The minimum atomic E-state index is 0.249. The van der Waals surface area contributed by atoms with Crippen LogP contribution in [0.3, 0.4) is 0 Å². The zero-order chi connectivity index (χ0) is 16.7. The Morgan fingerprint density at radius 1 is 0.957 bits per heavy atom. The molecule has 0 bridgehead atoms. The highest BCUT2D eigenvalue weighted by molar-refractivity contribution is 4.96. The van der Waals surface area contributed by atoms with E-state index in [0.29, 0.717) is 11.5 Å². The number of likely N-dealkylation sites (tertiary alicyclic amines) is 1. The quantitative estimate of drug-likeness (QED) is 0.700. The van der Waals surface area contributed by atoms with Gasteiger partial charge in [0.05, 0.1) is 11.7 Å². The highest BCUT2D eigenvalue weighted by atomic mass is 16.5. The summed E-state index contributed by atoms with van der Waals surface area (Å²) >= 11 is 0. The summed E-state index contributed by atoms with van der Waals surface area (Å²) in [5.74, 6) is 2.60. The number of ether oxygens (including phenoxy) is 1. The number of piperidine rings is 1. The first kappa shape index (κ1) is 17.7. The van der Waals surface area contributed by atoms with Crippen LogP contribution < -0.4 is 0 Å². The van der Waals surface area contributed by atoms with Crippen LogP contribution in [0.1, 0.15) is 79.6 Å². The van der Waals surface area contributed by atoms with Gasteiger partial charge in [-0.3, -0.25) is 0 Å². The molecule has 0 N–H and O–H groups in total. The Morgan fingerprint density at radius 2 is 1.52 bits per heavy atom. The summed E-state index contributed by atoms with van der Waals surface area (Å²) in [6.45, 7) is 15.8. The molecule has 134 valence electrons. The van der Waals surface area contributed by atoms with Gasteiger partial charge < -0.3 is 9.64 Å². The summed E-state index contributed by atoms with van der Waals surface area (Å²) in [5, 5.41) is 0. The fourth-order valence-electron chi connectivity index (χ4n) is 5.63. The largest absolute Gasteiger partial charge is 0.370 e. The van der Waals surface area contributed by atoms with E-state index in [-0.39, 0.29) is 5.60 Å². The van der Waals surface area contributed by atoms with Gasteiger partial charge in [-0.1, -0.05) is 34.6 Å². The predicted octanol–water partition coefficient (Wildman–Crippen LogP) is 5.12. The molecule has 3 fully saturated rings. The SMILES string of the molecule is CC1CC(C)CN(CC2CCC3(CCC(C(C)(C)C)CC3)O2)C1. The summed E-state index contributed by atoms with van der Waals surface area (Å²) < 4.78 is 6.68. The average Bonchev–Trinajstić information content (AvgIpc) is 2.79. The summed E-state index contributed by atoms with van der Waals surface area (Å²) in [6, 6.07) is 0. The zero-order valence-electron chi connectivity index (χ0n) is 16.2. The molecule has 0 aromatic heterocycles. The van der Waals surface area contributed by atoms with Crippen LogP contribution in [0.5, 0.6) is 0 Å². The third-order valence-electron chi connectivity index (χ3n) is 6.87. The highest BCUT2D eigenvalue weighted by Gasteiger charge is 2.44. The second-order valence-electron chi connectivity index (χ2n) is 10.3. The van der Waals surface area contributed by atoms with E-state index >= 15 is 0 Å². The van der Waals surface area contributed by atoms with Gasteiger partial charge >= 0.3 is 0 Å². The molecule has 1 saturated carbocycles. The molecular weight excluding hydrogens is 282 g/mol. The van der Waals surface area contributed by atoms with Crippen molar-refractivity contribution >= 4 is 0 Å². The fourth-order valence-corrected chi connectivity index (χ4v) is 5.63. The van der Waals surface area contributed by atoms with Gasteiger partial charge in [-0.05, 0) is 68.1 Å². The molecule has 0 radical (unpaired) electrons. The molecule has 1 aliphatic carbocycles. The molecule has 2 saturated heterocycles. The van der Waals surface area contributed by atoms with Crippen LogP contribution in [0, 0.1) is 23.2 Å². The van der Waals surface area contributed by atoms with Gasteiger partial charge in [-0.15, -0.1) is 0 Å². The van der Waals surface area contributed by atoms with E-state index in [0.717, 1.165) is 17.8 Å². The second kappa shape index (κ2) is 6.67. The normalized spacial score (nSPS) is 43.2. The molecule has 1 spiro atoms. The van der Waals surface area contributed by atoms with Crippen LogP contribution in [0.25, 0.3) is 0 Å². The molecule has 0 aromatic rings. The Bertz CT molecular complexity index is 381. The van der Waals surface area contributed by atoms with Gasteiger partial charge in [0.15, 0.2) is 0 Å². The standard InChI is InChI=1S/C21H39NO/c1-16-12-17(2)14-22(13-16)15-19-8-11-21(23-19)9-6-18(7-10-21)20(3,4)5/h16-19H,6-15H2,1-5H3. The van der Waals surface area contributed by atoms with Crippen molar-refractivity contribution < 1.29 is 4.74 Å². The van der Waals surface area contributed by atoms with Gasteiger partial charge in [0.25, 0.3) is 0 Å². The van der Waals surface area contributed by atoms with E-state index in [9.17, 15) is 0 Å². The smallest absolute Gasteiger partial charge is 0.0710 e. The molecule has 0 aromatic carbocycles. The topological polar surface area (TPSA) is 12.5 Å². The van der Waals surface area contributed by atoms with Crippen LogP contribution in [0.2, 0.25) is 0 Å². The Hall–Kier alpha value is -0.0800. The van der Waals surface area contributed by atoms with Gasteiger partial charge in [0.1, 0.15) is 0 Å². The first-order valence-corrected chi connectivity index (χ1v) is 10.2. The number of hydrogen-bond acceptors (Lipinski definition) is 2. The van der Waals surface area contributed by atoms with Crippen molar-refractivity contribution in [1.82, 2.24) is 4.90 Å². The van der Waals surface area contributed by atoms with E-state index in [4.69, 9.17) is 4.74 Å². The molecule has 3 unspecified atom stereocenters. The van der Waals surface area contributed by atoms with Crippen LogP contribution in [-0.4, -0.2) is 36.2 Å². The summed E-state index contributed by atoms with van der Waals surface area (Å²) in [6.07, 6.45) is 9.85. The summed E-state index contributed by atoms with van der Waals surface area (Å²) in [4.78, 5) is 2.68. The maximum atomic E-state index is 6.68. The van der Waals surface area contributed by atoms with Crippen molar-refractivity contribution in [3.8, 4) is 0 Å². The first-order chi connectivity index (χ1) is 10.8. The van der Waals surface area contributed by atoms with Crippen molar-refractivity contribution in [2.45, 2.75) is 91.3 Å². The maximum Gasteiger partial charge on any atom is 0.0710 e. The molecule has 2 heterocycles. The Morgan fingerprint density at radius 3 is 2.09 bits per heavy atom. The Kier molecular flexibility index (Phi) is 5.14. The van der Waals surface area contributed by atoms with Crippen molar-refractivity contribution in [3.63, 3.8) is 0 Å². The van der Waals surface area contributed by atoms with E-state index in [1.165, 1.54) is 64.6 Å². The molecule has 23 heavy (non-hydrogen) atoms. The van der Waals surface area contributed by atoms with Gasteiger partial charge in [0.2, 0.25) is 0 Å². The predicted molar refractivity (Wildman–Crippen MR) is 97.6 cm³/mol. The molecule has 2 heteroatoms. The van der Waals surface area contributed by atoms with Crippen molar-refractivity contribution in [3.05, 3.63) is 0 Å². The lowest BCUT2D eigenvalue weighted by Gasteiger charge is -2.42. The van der Waals surface area contributed by atoms with E-state index in [2.05, 4.69) is 39.5 Å². The van der Waals surface area contributed by atoms with Gasteiger partial charge in [0, 0.05) is 19.6 Å². The third-order valence-corrected chi connectivity index (χ3v) is 6.87. The van der Waals surface area contributed by atoms with Crippen LogP contribution in [0.4, 0.5) is 0 Å². The second-order valence-corrected chi connectivity index (χ2v) is 10.3. The lowest BCUT2D eigenvalue weighted by atomic mass is 9.68. The summed E-state index contributed by atoms with van der Waals surface area (Å²) in [5.41, 5.74) is 0.721. The molecule has 3 atom stereocenters. The fraction of sp³-hybridized carbons (Fsp3) is 1.00. The van der Waals surface area contributed by atoms with Crippen molar-refractivity contribution in [2.75, 3.05) is 19.6 Å². The monoisotopic (exact) mass is 321 g/mol. The molecule has 2 aliphatic heterocycles. The molecule has 3 rings (SSSR count). The lowest BCUT2D eigenvalue weighted by Crippen LogP contribution is -2.44. The van der Waals surface area contributed by atoms with Crippen LogP contribution in [-0.2, 0) is 4.74 Å². The van der Waals surface area contributed by atoms with Crippen LogP contribution >= 0.6 is 0 Å². The Balaban J connectivity index is 1.49. The minimum absolute atomic E-state index is 0.249. The highest BCUT2D eigenvalue weighted by Crippen LogP contribution is 2.48. The van der Waals surface area contributed by atoms with E-state index < -0.39 is 0 Å². The summed E-state index contributed by atoms with van der Waals surface area (Å²) in [7, 11) is 0. The average molecular weight is 322 g/mol.